The van der Waals surface area contributed by atoms with E-state index in [9.17, 15) is 9.00 Å². The second-order valence-corrected chi connectivity index (χ2v) is 9.30. The molecule has 11 heteroatoms. The van der Waals surface area contributed by atoms with E-state index in [4.69, 9.17) is 11.6 Å². The van der Waals surface area contributed by atoms with E-state index in [0.29, 0.717) is 28.2 Å². The summed E-state index contributed by atoms with van der Waals surface area (Å²) in [5.74, 6) is 0. The van der Waals surface area contributed by atoms with E-state index in [0.717, 1.165) is 11.4 Å². The SMILES string of the molecule is CN(c1ccccc1Nc1cc(Cl)nc2c1c(=O)n(C)n2PI)S(C)=O. The average Bonchev–Trinajstić information content (AvgIpc) is 2.85. The fraction of sp³-hybridized carbons (Fsp3) is 0.200. The summed E-state index contributed by atoms with van der Waals surface area (Å²) in [4.78, 5) is 17.0. The van der Waals surface area contributed by atoms with Crippen molar-refractivity contribution in [3.8, 4) is 0 Å². The van der Waals surface area contributed by atoms with Gasteiger partial charge in [-0.3, -0.25) is 9.10 Å². The highest BCUT2D eigenvalue weighted by molar-refractivity contribution is 14.2. The first-order valence-electron chi connectivity index (χ1n) is 7.43. The third-order valence-electron chi connectivity index (χ3n) is 3.96. The number of para-hydroxylation sites is 2. The molecule has 3 aromatic rings. The van der Waals surface area contributed by atoms with E-state index in [2.05, 4.69) is 32.3 Å². The number of aromatic nitrogens is 3. The summed E-state index contributed by atoms with van der Waals surface area (Å²) >= 11 is 8.39. The monoisotopic (exact) mass is 523 g/mol. The molecular formula is C15H16ClIN5O2PS. The fourth-order valence-electron chi connectivity index (χ4n) is 2.59. The molecule has 0 aliphatic carbocycles. The molecule has 0 saturated heterocycles. The molecule has 7 nitrogen and oxygen atoms in total. The van der Waals surface area contributed by atoms with Crippen molar-refractivity contribution in [1.82, 2.24) is 14.1 Å². The maximum Gasteiger partial charge on any atom is 0.278 e. The lowest BCUT2D eigenvalue weighted by atomic mass is 10.2. The molecule has 2 aromatic heterocycles. The summed E-state index contributed by atoms with van der Waals surface area (Å²) in [6.45, 7) is 0. The molecule has 2 unspecified atom stereocenters. The number of hydrogen-bond donors (Lipinski definition) is 1. The van der Waals surface area contributed by atoms with Gasteiger partial charge in [0.2, 0.25) is 0 Å². The molecule has 0 spiro atoms. The van der Waals surface area contributed by atoms with Gasteiger partial charge in [-0.05, 0) is 40.2 Å². The molecule has 3 rings (SSSR count). The quantitative estimate of drug-likeness (QED) is 0.315. The first-order chi connectivity index (χ1) is 12.3. The van der Waals surface area contributed by atoms with Gasteiger partial charge in [0.1, 0.15) is 21.5 Å². The normalized spacial score (nSPS) is 12.8. The lowest BCUT2D eigenvalue weighted by molar-refractivity contribution is 0.685. The predicted octanol–water partition coefficient (Wildman–Crippen LogP) is 3.65. The molecule has 138 valence electrons. The Balaban J connectivity index is 2.20. The second kappa shape index (κ2) is 7.84. The zero-order valence-electron chi connectivity index (χ0n) is 14.2. The van der Waals surface area contributed by atoms with Crippen LogP contribution in [-0.2, 0) is 18.0 Å². The summed E-state index contributed by atoms with van der Waals surface area (Å²) in [6, 6.07) is 9.09. The molecule has 0 fully saturated rings. The van der Waals surface area contributed by atoms with Gasteiger partial charge < -0.3 is 5.32 Å². The Morgan fingerprint density at radius 2 is 2.04 bits per heavy atom. The van der Waals surface area contributed by atoms with E-state index < -0.39 is 11.0 Å². The van der Waals surface area contributed by atoms with Gasteiger partial charge in [-0.2, -0.15) is 0 Å². The molecule has 0 aliphatic rings. The zero-order valence-corrected chi connectivity index (χ0v) is 18.9. The van der Waals surface area contributed by atoms with Crippen LogP contribution in [0.1, 0.15) is 0 Å². The zero-order chi connectivity index (χ0) is 19.0. The average molecular weight is 524 g/mol. The first kappa shape index (κ1) is 19.6. The van der Waals surface area contributed by atoms with Crippen LogP contribution in [0.4, 0.5) is 17.1 Å². The topological polar surface area (TPSA) is 72.2 Å². The molecule has 26 heavy (non-hydrogen) atoms. The molecular weight excluding hydrogens is 508 g/mol. The van der Waals surface area contributed by atoms with Crippen LogP contribution in [0.15, 0.2) is 35.1 Å². The molecule has 1 aromatic carbocycles. The molecule has 0 saturated carbocycles. The number of halogens is 2. The lowest BCUT2D eigenvalue weighted by Gasteiger charge is -2.20. The Morgan fingerprint density at radius 1 is 1.35 bits per heavy atom. The Kier molecular flexibility index (Phi) is 5.91. The van der Waals surface area contributed by atoms with Crippen LogP contribution in [-0.4, -0.2) is 31.6 Å². The van der Waals surface area contributed by atoms with Crippen molar-refractivity contribution in [2.45, 2.75) is 0 Å². The van der Waals surface area contributed by atoms with Crippen molar-refractivity contribution in [1.29, 1.82) is 0 Å². The third-order valence-corrected chi connectivity index (χ3v) is 7.16. The number of rotatable bonds is 5. The fourth-order valence-corrected chi connectivity index (χ4v) is 5.32. The summed E-state index contributed by atoms with van der Waals surface area (Å²) < 4.78 is 16.8. The predicted molar refractivity (Wildman–Crippen MR) is 120 cm³/mol. The summed E-state index contributed by atoms with van der Waals surface area (Å²) in [7, 11) is 2.27. The van der Waals surface area contributed by atoms with E-state index in [1.807, 2.05) is 24.3 Å². The van der Waals surface area contributed by atoms with Crippen molar-refractivity contribution in [3.05, 3.63) is 45.8 Å². The molecule has 1 N–H and O–H groups in total. The Hall–Kier alpha value is -1.16. The molecule has 2 atom stereocenters. The smallest absolute Gasteiger partial charge is 0.278 e. The molecule has 0 radical (unpaired) electrons. The summed E-state index contributed by atoms with van der Waals surface area (Å²) in [5, 5.41) is 4.03. The standard InChI is InChI=1S/C15H16ClIN5O2PS/c1-20-15(23)13-10(8-12(16)19-14(13)22(20)25-17)18-9-6-4-5-7-11(9)21(2)26(3)24/h4-8,25H,1-3H3,(H,18,19). The largest absolute Gasteiger partial charge is 0.353 e. The van der Waals surface area contributed by atoms with Crippen LogP contribution in [0.3, 0.4) is 0 Å². The van der Waals surface area contributed by atoms with Gasteiger partial charge in [0, 0.05) is 20.4 Å². The number of benzene rings is 1. The van der Waals surface area contributed by atoms with Crippen LogP contribution in [0.25, 0.3) is 11.0 Å². The van der Waals surface area contributed by atoms with Gasteiger partial charge >= 0.3 is 0 Å². The van der Waals surface area contributed by atoms with Crippen LogP contribution in [0.2, 0.25) is 5.15 Å². The van der Waals surface area contributed by atoms with Crippen LogP contribution >= 0.6 is 40.0 Å². The van der Waals surface area contributed by atoms with E-state index in [1.165, 1.54) is 4.68 Å². The van der Waals surface area contributed by atoms with E-state index >= 15 is 0 Å². The summed E-state index contributed by atoms with van der Waals surface area (Å²) in [6.07, 6.45) is 1.91. The van der Waals surface area contributed by atoms with Crippen molar-refractivity contribution >= 4 is 79.1 Å². The van der Waals surface area contributed by atoms with Gasteiger partial charge in [-0.15, -0.1) is 0 Å². The highest BCUT2D eigenvalue weighted by Crippen LogP contribution is 2.34. The van der Waals surface area contributed by atoms with Crippen molar-refractivity contribution < 1.29 is 4.21 Å². The van der Waals surface area contributed by atoms with E-state index in [1.54, 1.807) is 35.2 Å². The van der Waals surface area contributed by atoms with Gasteiger partial charge in [-0.25, -0.2) is 18.3 Å². The van der Waals surface area contributed by atoms with Gasteiger partial charge in [0.15, 0.2) is 5.65 Å². The number of hydrogen-bond acceptors (Lipinski definition) is 4. The highest BCUT2D eigenvalue weighted by atomic mass is 127. The number of nitrogens with one attached hydrogen (secondary N) is 1. The summed E-state index contributed by atoms with van der Waals surface area (Å²) in [5.41, 5.74) is 2.42. The Labute approximate surface area is 172 Å². The maximum atomic E-state index is 12.7. The van der Waals surface area contributed by atoms with Crippen LogP contribution in [0.5, 0.6) is 0 Å². The highest BCUT2D eigenvalue weighted by Gasteiger charge is 2.18. The minimum Gasteiger partial charge on any atom is -0.353 e. The van der Waals surface area contributed by atoms with Gasteiger partial charge in [-0.1, -0.05) is 23.7 Å². The number of nitrogens with zero attached hydrogens (tertiary/aromatic N) is 4. The number of fused-ring (bicyclic) bond motifs is 1. The maximum absolute atomic E-state index is 12.7. The minimum absolute atomic E-state index is 0.152. The molecule has 2 heterocycles. The molecule has 0 amide bonds. The number of pyridine rings is 1. The Morgan fingerprint density at radius 3 is 2.69 bits per heavy atom. The molecule has 0 bridgehead atoms. The van der Waals surface area contributed by atoms with E-state index in [-0.39, 0.29) is 5.56 Å². The molecule has 0 aliphatic heterocycles. The van der Waals surface area contributed by atoms with Crippen LogP contribution in [0, 0.1) is 0 Å². The van der Waals surface area contributed by atoms with Crippen molar-refractivity contribution in [3.63, 3.8) is 0 Å². The second-order valence-electron chi connectivity index (χ2n) is 5.48. The van der Waals surface area contributed by atoms with Crippen molar-refractivity contribution in [2.75, 3.05) is 22.9 Å². The Bertz CT molecular complexity index is 1070. The van der Waals surface area contributed by atoms with Crippen LogP contribution < -0.4 is 15.2 Å². The third kappa shape index (κ3) is 3.49. The lowest BCUT2D eigenvalue weighted by Crippen LogP contribution is -2.20. The van der Waals surface area contributed by atoms with Gasteiger partial charge in [0.05, 0.1) is 23.4 Å². The number of anilines is 3. The first-order valence-corrected chi connectivity index (χ1v) is 13.4. The van der Waals surface area contributed by atoms with Crippen molar-refractivity contribution in [2.24, 2.45) is 7.05 Å². The minimum atomic E-state index is -1.18. The van der Waals surface area contributed by atoms with Gasteiger partial charge in [0.25, 0.3) is 5.56 Å².